The molecule has 0 saturated carbocycles. The summed E-state index contributed by atoms with van der Waals surface area (Å²) in [7, 11) is 0. The van der Waals surface area contributed by atoms with Crippen molar-refractivity contribution in [3.05, 3.63) is 79.2 Å². The highest BCUT2D eigenvalue weighted by atomic mass is 35.5. The SMILES string of the molecule is CCN(c1cc(-c2ccc3c(c2)N(C(C)C)C(=O)C32CCOCC2)c(Cl)c(C(=O)NCc2c(C)cc(C)[nH]c2=O)c1C)C1CCOCC1. The molecule has 0 aliphatic carbocycles. The van der Waals surface area contributed by atoms with Crippen LogP contribution in [0, 0.1) is 20.8 Å². The number of anilines is 2. The normalized spacial score (nSPS) is 17.7. The number of fused-ring (bicyclic) bond motifs is 2. The number of H-pyrrole nitrogens is 1. The van der Waals surface area contributed by atoms with Gasteiger partial charge in [-0.2, -0.15) is 0 Å². The van der Waals surface area contributed by atoms with Gasteiger partial charge in [-0.15, -0.1) is 0 Å². The van der Waals surface area contributed by atoms with Gasteiger partial charge in [0.05, 0.1) is 16.0 Å². The lowest BCUT2D eigenvalue weighted by molar-refractivity contribution is -0.126. The highest BCUT2D eigenvalue weighted by molar-refractivity contribution is 6.37. The number of nitrogens with zero attached hydrogens (tertiary/aromatic N) is 2. The van der Waals surface area contributed by atoms with Crippen molar-refractivity contribution in [2.75, 3.05) is 42.8 Å². The van der Waals surface area contributed by atoms with E-state index in [0.717, 1.165) is 64.3 Å². The van der Waals surface area contributed by atoms with E-state index in [1.807, 2.05) is 51.7 Å². The van der Waals surface area contributed by atoms with Crippen molar-refractivity contribution in [3.8, 4) is 11.1 Å². The molecule has 0 atom stereocenters. The Morgan fingerprint density at radius 3 is 2.40 bits per heavy atom. The molecule has 9 nitrogen and oxygen atoms in total. The number of aromatic amines is 1. The number of aryl methyl sites for hydroxylation is 2. The summed E-state index contributed by atoms with van der Waals surface area (Å²) in [6, 6.07) is 10.4. The summed E-state index contributed by atoms with van der Waals surface area (Å²) in [4.78, 5) is 48.1. The zero-order valence-electron chi connectivity index (χ0n) is 28.9. The Bertz CT molecular complexity index is 1790. The van der Waals surface area contributed by atoms with Crippen molar-refractivity contribution in [1.82, 2.24) is 10.3 Å². The van der Waals surface area contributed by atoms with Crippen molar-refractivity contribution in [1.29, 1.82) is 0 Å². The third-order valence-electron chi connectivity index (χ3n) is 10.5. The second-order valence-corrected chi connectivity index (χ2v) is 14.1. The van der Waals surface area contributed by atoms with E-state index in [1.54, 1.807) is 0 Å². The molecule has 3 aliphatic rings. The molecule has 3 aliphatic heterocycles. The second-order valence-electron chi connectivity index (χ2n) is 13.7. The van der Waals surface area contributed by atoms with Crippen LogP contribution in [0.2, 0.25) is 5.02 Å². The molecule has 2 aromatic carbocycles. The number of halogens is 1. The average Bonchev–Trinajstić information content (AvgIpc) is 3.28. The second kappa shape index (κ2) is 13.7. The first-order valence-electron chi connectivity index (χ1n) is 17.2. The lowest BCUT2D eigenvalue weighted by atomic mass is 9.75. The van der Waals surface area contributed by atoms with E-state index in [2.05, 4.69) is 40.3 Å². The molecule has 2 saturated heterocycles. The number of nitrogens with one attached hydrogen (secondary N) is 2. The standard InChI is InChI=1S/C38H47ClN4O5/c1-7-42(27-10-14-47-15-11-27)31-20-28(34(39)33(25(31)6)36(45)40-21-29-23(4)18-24(5)41-35(29)44)26-8-9-30-32(19-26)43(22(2)3)37(46)38(30)12-16-48-17-13-38/h8-9,18-20,22,27H,7,10-17,21H2,1-6H3,(H,40,45)(H,41,44). The van der Waals surface area contributed by atoms with Crippen LogP contribution in [0.5, 0.6) is 0 Å². The van der Waals surface area contributed by atoms with E-state index >= 15 is 0 Å². The van der Waals surface area contributed by atoms with Crippen LogP contribution in [-0.4, -0.2) is 61.9 Å². The van der Waals surface area contributed by atoms with E-state index in [4.69, 9.17) is 21.1 Å². The van der Waals surface area contributed by atoms with E-state index < -0.39 is 5.41 Å². The third kappa shape index (κ3) is 5.94. The molecule has 0 radical (unpaired) electrons. The highest BCUT2D eigenvalue weighted by Gasteiger charge is 2.52. The van der Waals surface area contributed by atoms with Gasteiger partial charge < -0.3 is 29.6 Å². The van der Waals surface area contributed by atoms with Crippen molar-refractivity contribution >= 4 is 34.8 Å². The smallest absolute Gasteiger partial charge is 0.253 e. The van der Waals surface area contributed by atoms with Crippen LogP contribution in [0.3, 0.4) is 0 Å². The maximum absolute atomic E-state index is 14.1. The number of amides is 2. The van der Waals surface area contributed by atoms with Crippen LogP contribution < -0.4 is 20.7 Å². The van der Waals surface area contributed by atoms with Crippen molar-refractivity contribution in [2.45, 2.75) is 91.3 Å². The minimum Gasteiger partial charge on any atom is -0.381 e. The minimum atomic E-state index is -0.586. The maximum Gasteiger partial charge on any atom is 0.253 e. The van der Waals surface area contributed by atoms with Crippen LogP contribution in [0.4, 0.5) is 11.4 Å². The zero-order valence-corrected chi connectivity index (χ0v) is 29.7. The number of carbonyl (C=O) groups is 2. The Morgan fingerprint density at radius 2 is 1.75 bits per heavy atom. The minimum absolute atomic E-state index is 0.0309. The predicted octanol–water partition coefficient (Wildman–Crippen LogP) is 6.36. The van der Waals surface area contributed by atoms with Gasteiger partial charge in [0.1, 0.15) is 0 Å². The van der Waals surface area contributed by atoms with Gasteiger partial charge in [-0.3, -0.25) is 14.4 Å². The van der Waals surface area contributed by atoms with Gasteiger partial charge in [-0.1, -0.05) is 23.7 Å². The van der Waals surface area contributed by atoms with Crippen LogP contribution in [0.25, 0.3) is 11.1 Å². The number of carbonyl (C=O) groups excluding carboxylic acids is 2. The summed E-state index contributed by atoms with van der Waals surface area (Å²) in [6.45, 7) is 15.2. The Kier molecular flexibility index (Phi) is 9.76. The number of aromatic nitrogens is 1. The molecule has 6 rings (SSSR count). The number of hydrogen-bond acceptors (Lipinski definition) is 6. The molecule has 256 valence electrons. The fourth-order valence-corrected chi connectivity index (χ4v) is 8.36. The molecular weight excluding hydrogens is 628 g/mol. The van der Waals surface area contributed by atoms with Crippen molar-refractivity contribution in [3.63, 3.8) is 0 Å². The number of ether oxygens (including phenoxy) is 2. The topological polar surface area (TPSA) is 104 Å². The first-order valence-corrected chi connectivity index (χ1v) is 17.6. The molecule has 2 fully saturated rings. The van der Waals surface area contributed by atoms with Crippen LogP contribution in [-0.2, 0) is 26.2 Å². The Labute approximate surface area is 287 Å². The number of hydrogen-bond donors (Lipinski definition) is 2. The molecule has 48 heavy (non-hydrogen) atoms. The number of rotatable bonds is 8. The van der Waals surface area contributed by atoms with Gasteiger partial charge in [0.25, 0.3) is 11.5 Å². The van der Waals surface area contributed by atoms with Gasteiger partial charge in [-0.25, -0.2) is 0 Å². The molecule has 0 bridgehead atoms. The first kappa shape index (κ1) is 34.2. The summed E-state index contributed by atoms with van der Waals surface area (Å²) in [6.07, 6.45) is 3.08. The molecule has 2 N–H and O–H groups in total. The molecule has 0 unspecified atom stereocenters. The summed E-state index contributed by atoms with van der Waals surface area (Å²) in [5.74, 6) is -0.217. The lowest BCUT2D eigenvalue weighted by Gasteiger charge is -2.37. The molecule has 1 spiro atoms. The summed E-state index contributed by atoms with van der Waals surface area (Å²) < 4.78 is 11.4. The van der Waals surface area contributed by atoms with Crippen molar-refractivity contribution < 1.29 is 19.1 Å². The summed E-state index contributed by atoms with van der Waals surface area (Å²) >= 11 is 7.27. The fourth-order valence-electron chi connectivity index (χ4n) is 7.97. The highest BCUT2D eigenvalue weighted by Crippen LogP contribution is 2.50. The van der Waals surface area contributed by atoms with Gasteiger partial charge in [0.15, 0.2) is 0 Å². The van der Waals surface area contributed by atoms with E-state index in [1.165, 1.54) is 0 Å². The Morgan fingerprint density at radius 1 is 1.06 bits per heavy atom. The summed E-state index contributed by atoms with van der Waals surface area (Å²) in [5.41, 5.74) is 6.89. The first-order chi connectivity index (χ1) is 23.0. The summed E-state index contributed by atoms with van der Waals surface area (Å²) in [5, 5.41) is 3.34. The quantitative estimate of drug-likeness (QED) is 0.288. The van der Waals surface area contributed by atoms with Gasteiger partial charge in [0, 0.05) is 79.8 Å². The fraction of sp³-hybridized carbons (Fsp3) is 0.500. The van der Waals surface area contributed by atoms with Crippen LogP contribution in [0.1, 0.15) is 84.8 Å². The molecule has 3 aromatic rings. The monoisotopic (exact) mass is 674 g/mol. The Balaban J connectivity index is 1.48. The lowest BCUT2D eigenvalue weighted by Crippen LogP contribution is -2.46. The third-order valence-corrected chi connectivity index (χ3v) is 10.9. The Hall–Kier alpha value is -3.66. The predicted molar refractivity (Wildman–Crippen MR) is 191 cm³/mol. The average molecular weight is 675 g/mol. The van der Waals surface area contributed by atoms with E-state index in [-0.39, 0.29) is 36.0 Å². The molecular formula is C38H47ClN4O5. The number of benzene rings is 2. The number of pyridine rings is 1. The maximum atomic E-state index is 14.1. The molecule has 10 heteroatoms. The van der Waals surface area contributed by atoms with Crippen LogP contribution >= 0.6 is 11.6 Å². The van der Waals surface area contributed by atoms with Gasteiger partial charge in [0.2, 0.25) is 5.91 Å². The molecule has 2 amide bonds. The van der Waals surface area contributed by atoms with Crippen molar-refractivity contribution in [2.24, 2.45) is 0 Å². The van der Waals surface area contributed by atoms with E-state index in [9.17, 15) is 14.4 Å². The van der Waals surface area contributed by atoms with E-state index in [0.29, 0.717) is 55.4 Å². The zero-order chi connectivity index (χ0) is 34.3. The van der Waals surface area contributed by atoms with Gasteiger partial charge in [-0.05, 0) is 108 Å². The van der Waals surface area contributed by atoms with Crippen LogP contribution in [0.15, 0.2) is 35.1 Å². The van der Waals surface area contributed by atoms with Gasteiger partial charge >= 0.3 is 0 Å². The molecule has 4 heterocycles. The molecule has 1 aromatic heterocycles. The largest absolute Gasteiger partial charge is 0.381 e.